The molecule has 11 heteroatoms. The van der Waals surface area contributed by atoms with Crippen molar-refractivity contribution in [3.8, 4) is 0 Å². The van der Waals surface area contributed by atoms with E-state index in [9.17, 15) is 19.5 Å². The molecule has 11 nitrogen and oxygen atoms in total. The number of likely N-dealkylation sites (N-methyl/N-ethyl adjacent to an activating group) is 1. The van der Waals surface area contributed by atoms with Gasteiger partial charge in [-0.1, -0.05) is 0 Å². The number of rotatable bonds is 7. The van der Waals surface area contributed by atoms with Gasteiger partial charge in [0.25, 0.3) is 12.4 Å². The monoisotopic (exact) mass is 439 g/mol. The number of methoxy groups -OCH3 is 2. The quantitative estimate of drug-likeness (QED) is 0.391. The van der Waals surface area contributed by atoms with Crippen molar-refractivity contribution in [2.45, 2.75) is 31.4 Å². The predicted octanol–water partition coefficient (Wildman–Crippen LogP) is -0.0668. The average molecular weight is 439 g/mol. The van der Waals surface area contributed by atoms with Crippen LogP contribution in [0.1, 0.15) is 40.0 Å². The van der Waals surface area contributed by atoms with E-state index >= 15 is 0 Å². The van der Waals surface area contributed by atoms with E-state index in [2.05, 4.69) is 15.0 Å². The highest BCUT2D eigenvalue weighted by atomic mass is 16.5. The molecule has 3 N–H and O–H groups in total. The first-order valence-electron chi connectivity index (χ1n) is 9.63. The zero-order valence-electron chi connectivity index (χ0n) is 17.8. The molecule has 0 radical (unpaired) electrons. The molecule has 0 aliphatic heterocycles. The van der Waals surface area contributed by atoms with Crippen LogP contribution in [0.4, 0.5) is 0 Å². The summed E-state index contributed by atoms with van der Waals surface area (Å²) in [6.45, 7) is 0.695. The highest BCUT2D eigenvalue weighted by Crippen LogP contribution is 2.26. The highest BCUT2D eigenvalue weighted by Gasteiger charge is 2.35. The lowest BCUT2D eigenvalue weighted by Crippen LogP contribution is -2.49. The lowest BCUT2D eigenvalue weighted by Gasteiger charge is -2.34. The summed E-state index contributed by atoms with van der Waals surface area (Å²) >= 11 is 0. The number of nitrogens with one attached hydrogen (secondary N) is 1. The van der Waals surface area contributed by atoms with Crippen LogP contribution in [0.15, 0.2) is 18.5 Å². The third kappa shape index (κ3) is 7.95. The second-order valence-electron chi connectivity index (χ2n) is 6.97. The molecule has 0 spiro atoms. The fourth-order valence-electron chi connectivity index (χ4n) is 3.23. The van der Waals surface area contributed by atoms with Gasteiger partial charge in [0.2, 0.25) is 5.91 Å². The van der Waals surface area contributed by atoms with E-state index in [0.29, 0.717) is 26.0 Å². The van der Waals surface area contributed by atoms with Gasteiger partial charge in [-0.05, 0) is 25.3 Å². The average Bonchev–Trinajstić information content (AvgIpc) is 2.78. The first-order chi connectivity index (χ1) is 14.8. The molecule has 2 amide bonds. The molecule has 1 fully saturated rings. The number of aliphatic hydroxyl groups is 1. The molecular formula is C20H29N3O8. The van der Waals surface area contributed by atoms with Crippen molar-refractivity contribution in [2.24, 2.45) is 5.92 Å². The van der Waals surface area contributed by atoms with Crippen LogP contribution in [0.3, 0.4) is 0 Å². The molecule has 1 aromatic rings. The van der Waals surface area contributed by atoms with E-state index in [1.807, 2.05) is 0 Å². The molecule has 0 bridgehead atoms. The minimum absolute atomic E-state index is 0.0316. The molecule has 1 aliphatic carbocycles. The summed E-state index contributed by atoms with van der Waals surface area (Å²) in [7, 11) is 4.53. The largest absolute Gasteiger partial charge is 0.483 e. The number of hydrogen-bond donors (Lipinski definition) is 3. The van der Waals surface area contributed by atoms with E-state index in [-0.39, 0.29) is 35.8 Å². The molecule has 0 aromatic carbocycles. The number of carboxylic acid groups (broad SMARTS) is 1. The van der Waals surface area contributed by atoms with E-state index in [1.54, 1.807) is 19.1 Å². The van der Waals surface area contributed by atoms with Crippen LogP contribution in [-0.2, 0) is 19.1 Å². The van der Waals surface area contributed by atoms with Crippen molar-refractivity contribution in [1.29, 1.82) is 0 Å². The fraction of sp³-hybridized carbons (Fsp3) is 0.550. The van der Waals surface area contributed by atoms with Crippen LogP contribution in [0, 0.1) is 5.92 Å². The summed E-state index contributed by atoms with van der Waals surface area (Å²) in [5.74, 6) is -1.34. The summed E-state index contributed by atoms with van der Waals surface area (Å²) in [6, 6.07) is 0.920. The smallest absolute Gasteiger partial charge is 0.339 e. The molecule has 3 atom stereocenters. The lowest BCUT2D eigenvalue weighted by atomic mass is 9.83. The standard InChI is InChI=1S/C19H27N3O6.CH2O2/c1-22(6-7-27-2)18(25)12-4-5-15(16(23)9-12)21-17(24)13-8-14(11-20-10-13)19(26)28-3;2-1-3/h8,10-12,15-16,23H,4-7,9H2,1-3H3,(H,21,24);1H,(H,2,3)/t12-,15-,16-;/m0./s1. The number of carbonyl (C=O) groups is 4. The molecule has 1 aliphatic rings. The Kier molecular flexibility index (Phi) is 11.1. The first kappa shape index (κ1) is 26.0. The van der Waals surface area contributed by atoms with Crippen LogP contribution in [0.25, 0.3) is 0 Å². The van der Waals surface area contributed by atoms with Crippen LogP contribution in [-0.4, -0.2) is 90.9 Å². The van der Waals surface area contributed by atoms with Crippen molar-refractivity contribution >= 4 is 24.3 Å². The third-order valence-corrected chi connectivity index (χ3v) is 4.91. The van der Waals surface area contributed by atoms with Crippen LogP contribution in [0.2, 0.25) is 0 Å². The second-order valence-corrected chi connectivity index (χ2v) is 6.97. The van der Waals surface area contributed by atoms with Gasteiger partial charge in [0, 0.05) is 39.0 Å². The summed E-state index contributed by atoms with van der Waals surface area (Å²) < 4.78 is 9.60. The van der Waals surface area contributed by atoms with Crippen molar-refractivity contribution in [3.63, 3.8) is 0 Å². The Bertz CT molecular complexity index is 758. The highest BCUT2D eigenvalue weighted by molar-refractivity contribution is 5.97. The Morgan fingerprint density at radius 1 is 1.26 bits per heavy atom. The SMILES string of the molecule is COCCN(C)C(=O)[C@H]1CC[C@H](NC(=O)c2cncc(C(=O)OC)c2)[C@@H](O)C1.O=CO. The van der Waals surface area contributed by atoms with Crippen LogP contribution in [0.5, 0.6) is 0 Å². The van der Waals surface area contributed by atoms with Gasteiger partial charge >= 0.3 is 5.97 Å². The van der Waals surface area contributed by atoms with Gasteiger partial charge in [-0.2, -0.15) is 0 Å². The summed E-state index contributed by atoms with van der Waals surface area (Å²) in [4.78, 5) is 50.3. The third-order valence-electron chi connectivity index (χ3n) is 4.91. The molecule has 1 aromatic heterocycles. The summed E-state index contributed by atoms with van der Waals surface area (Å²) in [5, 5.41) is 20.1. The molecule has 172 valence electrons. The van der Waals surface area contributed by atoms with Gasteiger partial charge in [-0.25, -0.2) is 4.79 Å². The predicted molar refractivity (Wildman–Crippen MR) is 108 cm³/mol. The van der Waals surface area contributed by atoms with Crippen molar-refractivity contribution in [3.05, 3.63) is 29.6 Å². The summed E-state index contributed by atoms with van der Waals surface area (Å²) in [6.07, 6.45) is 3.15. The maximum absolute atomic E-state index is 12.5. The molecule has 2 rings (SSSR count). The molecule has 31 heavy (non-hydrogen) atoms. The van der Waals surface area contributed by atoms with Crippen molar-refractivity contribution < 1.29 is 38.9 Å². The topological polar surface area (TPSA) is 155 Å². The molecule has 1 saturated carbocycles. The summed E-state index contributed by atoms with van der Waals surface area (Å²) in [5.41, 5.74) is 0.372. The Hall–Kier alpha value is -3.05. The first-order valence-corrected chi connectivity index (χ1v) is 9.63. The minimum Gasteiger partial charge on any atom is -0.483 e. The number of pyridine rings is 1. The number of aliphatic hydroxyl groups excluding tert-OH is 1. The molecule has 1 heterocycles. The van der Waals surface area contributed by atoms with E-state index < -0.39 is 24.0 Å². The van der Waals surface area contributed by atoms with Gasteiger partial charge in [-0.3, -0.25) is 19.4 Å². The molecular weight excluding hydrogens is 410 g/mol. The lowest BCUT2D eigenvalue weighted by molar-refractivity contribution is -0.137. The number of amides is 2. The Morgan fingerprint density at radius 2 is 1.90 bits per heavy atom. The number of hydrogen-bond acceptors (Lipinski definition) is 8. The van der Waals surface area contributed by atoms with E-state index in [4.69, 9.17) is 14.6 Å². The maximum atomic E-state index is 12.5. The number of nitrogens with zero attached hydrogens (tertiary/aromatic N) is 2. The Morgan fingerprint density at radius 3 is 2.48 bits per heavy atom. The van der Waals surface area contributed by atoms with Gasteiger partial charge < -0.3 is 29.9 Å². The number of carbonyl (C=O) groups excluding carboxylic acids is 3. The number of esters is 1. The Balaban J connectivity index is 0.00000151. The van der Waals surface area contributed by atoms with Gasteiger partial charge in [0.05, 0.1) is 37.0 Å². The Labute approximate surface area is 180 Å². The minimum atomic E-state index is -0.834. The van der Waals surface area contributed by atoms with Crippen molar-refractivity contribution in [1.82, 2.24) is 15.2 Å². The second kappa shape index (κ2) is 13.3. The van der Waals surface area contributed by atoms with Gasteiger partial charge in [-0.15, -0.1) is 0 Å². The van der Waals surface area contributed by atoms with Crippen LogP contribution < -0.4 is 5.32 Å². The van der Waals surface area contributed by atoms with Gasteiger partial charge in [0.1, 0.15) is 0 Å². The molecule has 0 unspecified atom stereocenters. The maximum Gasteiger partial charge on any atom is 0.339 e. The molecule has 0 saturated heterocycles. The van der Waals surface area contributed by atoms with Crippen molar-refractivity contribution in [2.75, 3.05) is 34.4 Å². The zero-order chi connectivity index (χ0) is 23.4. The van der Waals surface area contributed by atoms with E-state index in [0.717, 1.165) is 0 Å². The van der Waals surface area contributed by atoms with Gasteiger partial charge in [0.15, 0.2) is 0 Å². The number of ether oxygens (including phenoxy) is 2. The number of aromatic nitrogens is 1. The van der Waals surface area contributed by atoms with E-state index in [1.165, 1.54) is 25.6 Å². The zero-order valence-corrected chi connectivity index (χ0v) is 17.8. The normalized spacial score (nSPS) is 19.9. The van der Waals surface area contributed by atoms with Crippen LogP contribution >= 0.6 is 0 Å². The fourth-order valence-corrected chi connectivity index (χ4v) is 3.23.